The second-order valence-corrected chi connectivity index (χ2v) is 9.31. The zero-order valence-electron chi connectivity index (χ0n) is 17.5. The molecule has 7 nitrogen and oxygen atoms in total. The highest BCUT2D eigenvalue weighted by molar-refractivity contribution is 7.20. The summed E-state index contributed by atoms with van der Waals surface area (Å²) in [7, 11) is 0. The van der Waals surface area contributed by atoms with Crippen LogP contribution in [0, 0.1) is 5.82 Å². The zero-order chi connectivity index (χ0) is 22.1. The van der Waals surface area contributed by atoms with Crippen LogP contribution < -0.4 is 20.5 Å². The molecule has 1 aromatic heterocycles. The fraction of sp³-hybridized carbons (Fsp3) is 0.391. The summed E-state index contributed by atoms with van der Waals surface area (Å²) in [6, 6.07) is 12.7. The Hall–Kier alpha value is -2.91. The van der Waals surface area contributed by atoms with Crippen LogP contribution in [0.5, 0.6) is 16.7 Å². The number of hydrogen-bond donors (Lipinski definition) is 2. The predicted octanol–water partition coefficient (Wildman–Crippen LogP) is 4.27. The number of carbonyl (C=O) groups excluding carboxylic acids is 1. The molecule has 2 atom stereocenters. The van der Waals surface area contributed by atoms with Gasteiger partial charge >= 0.3 is 6.03 Å². The van der Waals surface area contributed by atoms with E-state index in [2.05, 4.69) is 15.2 Å². The average Bonchev–Trinajstić information content (AvgIpc) is 3.25. The molecule has 2 fully saturated rings. The van der Waals surface area contributed by atoms with E-state index in [0.717, 1.165) is 42.7 Å². The first kappa shape index (κ1) is 21.0. The summed E-state index contributed by atoms with van der Waals surface area (Å²) in [5.74, 6) is 1.12. The Morgan fingerprint density at radius 1 is 1.16 bits per heavy atom. The van der Waals surface area contributed by atoms with Crippen molar-refractivity contribution >= 4 is 27.6 Å². The van der Waals surface area contributed by atoms with Crippen LogP contribution in [0.25, 0.3) is 10.2 Å². The first-order valence-electron chi connectivity index (χ1n) is 10.8. The lowest BCUT2D eigenvalue weighted by Gasteiger charge is -2.38. The number of urea groups is 1. The molecule has 3 heterocycles. The van der Waals surface area contributed by atoms with Crippen LogP contribution >= 0.6 is 11.3 Å². The van der Waals surface area contributed by atoms with Crippen molar-refractivity contribution in [3.05, 3.63) is 48.3 Å². The quantitative estimate of drug-likeness (QED) is 0.554. The molecule has 2 bridgehead atoms. The van der Waals surface area contributed by atoms with Gasteiger partial charge in [0, 0.05) is 30.7 Å². The highest BCUT2D eigenvalue weighted by Gasteiger charge is 2.40. The van der Waals surface area contributed by atoms with Crippen LogP contribution in [0.4, 0.5) is 9.18 Å². The number of aromatic nitrogens is 1. The topological polar surface area (TPSA) is 89.7 Å². The van der Waals surface area contributed by atoms with Crippen LogP contribution in [0.15, 0.2) is 42.5 Å². The molecule has 2 aliphatic heterocycles. The number of halogens is 1. The summed E-state index contributed by atoms with van der Waals surface area (Å²) in [6.45, 7) is 1.46. The lowest BCUT2D eigenvalue weighted by Crippen LogP contribution is -2.52. The number of benzene rings is 2. The molecule has 0 aliphatic carbocycles. The van der Waals surface area contributed by atoms with Crippen LogP contribution in [0.3, 0.4) is 0 Å². The summed E-state index contributed by atoms with van der Waals surface area (Å²) >= 11 is 1.38. The van der Waals surface area contributed by atoms with Gasteiger partial charge in [0.25, 0.3) is 5.19 Å². The molecule has 2 saturated heterocycles. The van der Waals surface area contributed by atoms with Crippen molar-refractivity contribution in [2.45, 2.75) is 43.8 Å². The molecular formula is C23H25FN4O3S. The second-order valence-electron chi connectivity index (χ2n) is 8.31. The molecule has 9 heteroatoms. The van der Waals surface area contributed by atoms with Crippen LogP contribution in [-0.2, 0) is 0 Å². The van der Waals surface area contributed by atoms with Crippen molar-refractivity contribution in [1.29, 1.82) is 0 Å². The summed E-state index contributed by atoms with van der Waals surface area (Å²) in [4.78, 5) is 18.0. The number of nitrogens with two attached hydrogens (primary N) is 1. The van der Waals surface area contributed by atoms with Crippen LogP contribution in [-0.4, -0.2) is 47.2 Å². The van der Waals surface area contributed by atoms with Gasteiger partial charge in [-0.3, -0.25) is 4.90 Å². The molecule has 2 aliphatic rings. The third kappa shape index (κ3) is 4.63. The third-order valence-electron chi connectivity index (χ3n) is 6.21. The molecule has 2 aromatic carbocycles. The van der Waals surface area contributed by atoms with E-state index in [1.54, 1.807) is 6.07 Å². The Labute approximate surface area is 189 Å². The normalized spacial score (nSPS) is 22.7. The van der Waals surface area contributed by atoms with Gasteiger partial charge < -0.3 is 20.5 Å². The summed E-state index contributed by atoms with van der Waals surface area (Å²) in [6.07, 6.45) is 4.21. The highest BCUT2D eigenvalue weighted by Crippen LogP contribution is 2.36. The van der Waals surface area contributed by atoms with Crippen LogP contribution in [0.2, 0.25) is 0 Å². The zero-order valence-corrected chi connectivity index (χ0v) is 18.3. The summed E-state index contributed by atoms with van der Waals surface area (Å²) in [5.41, 5.74) is 5.87. The summed E-state index contributed by atoms with van der Waals surface area (Å²) in [5, 5.41) is 3.34. The first-order chi connectivity index (χ1) is 15.5. The van der Waals surface area contributed by atoms with E-state index in [1.165, 1.54) is 23.5 Å². The number of carbonyl (C=O) groups is 1. The summed E-state index contributed by atoms with van der Waals surface area (Å²) < 4.78 is 26.0. The Morgan fingerprint density at radius 3 is 2.59 bits per heavy atom. The minimum Gasteiger partial charge on any atom is -0.492 e. The lowest BCUT2D eigenvalue weighted by molar-refractivity contribution is 0.1000. The Balaban J connectivity index is 1.12. The Morgan fingerprint density at radius 2 is 1.88 bits per heavy atom. The SMILES string of the molecule is NC(=O)NC1CC2CCC(C1)N2CCOc1ccc(Oc2nc3cc(F)ccc3s2)cc1. The van der Waals surface area contributed by atoms with Crippen molar-refractivity contribution in [2.24, 2.45) is 5.73 Å². The maximum Gasteiger partial charge on any atom is 0.312 e. The molecule has 0 saturated carbocycles. The number of nitrogens with one attached hydrogen (secondary N) is 1. The minimum absolute atomic E-state index is 0.184. The van der Waals surface area contributed by atoms with Gasteiger partial charge in [-0.2, -0.15) is 0 Å². The van der Waals surface area contributed by atoms with E-state index < -0.39 is 6.03 Å². The minimum atomic E-state index is -0.435. The number of primary amides is 1. The van der Waals surface area contributed by atoms with Gasteiger partial charge in [-0.1, -0.05) is 11.3 Å². The van der Waals surface area contributed by atoms with Crippen molar-refractivity contribution in [3.8, 4) is 16.7 Å². The van der Waals surface area contributed by atoms with Gasteiger partial charge in [0.15, 0.2) is 0 Å². The Bertz CT molecular complexity index is 1090. The molecule has 32 heavy (non-hydrogen) atoms. The fourth-order valence-corrected chi connectivity index (χ4v) is 5.67. The molecule has 3 N–H and O–H groups in total. The second kappa shape index (κ2) is 8.91. The Kier molecular flexibility index (Phi) is 5.84. The number of fused-ring (bicyclic) bond motifs is 3. The molecule has 168 valence electrons. The van der Waals surface area contributed by atoms with Crippen molar-refractivity contribution in [1.82, 2.24) is 15.2 Å². The smallest absolute Gasteiger partial charge is 0.312 e. The van der Waals surface area contributed by atoms with Crippen LogP contribution in [0.1, 0.15) is 25.7 Å². The van der Waals surface area contributed by atoms with E-state index in [4.69, 9.17) is 15.2 Å². The van der Waals surface area contributed by atoms with Gasteiger partial charge in [0.05, 0.1) is 10.2 Å². The molecular weight excluding hydrogens is 431 g/mol. The monoisotopic (exact) mass is 456 g/mol. The number of nitrogens with zero attached hydrogens (tertiary/aromatic N) is 2. The standard InChI is InChI=1S/C23H25FN4O3S/c24-14-1-8-21-20(11-14)27-23(32-21)31-19-6-4-18(5-7-19)30-10-9-28-16-2-3-17(28)13-15(12-16)26-22(25)29/h1,4-8,11,15-17H,2-3,9-10,12-13H2,(H3,25,26,29). The fourth-order valence-electron chi connectivity index (χ4n) is 4.86. The van der Waals surface area contributed by atoms with E-state index in [-0.39, 0.29) is 11.9 Å². The van der Waals surface area contributed by atoms with Gasteiger partial charge in [-0.15, -0.1) is 0 Å². The number of amides is 2. The number of thiazole rings is 1. The van der Waals surface area contributed by atoms with Crippen molar-refractivity contribution in [3.63, 3.8) is 0 Å². The average molecular weight is 457 g/mol. The van der Waals surface area contributed by atoms with E-state index >= 15 is 0 Å². The predicted molar refractivity (Wildman–Crippen MR) is 121 cm³/mol. The van der Waals surface area contributed by atoms with E-state index in [1.807, 2.05) is 24.3 Å². The largest absolute Gasteiger partial charge is 0.492 e. The van der Waals surface area contributed by atoms with Gasteiger partial charge in [-0.05, 0) is 62.1 Å². The molecule has 2 amide bonds. The lowest BCUT2D eigenvalue weighted by atomic mass is 9.97. The number of ether oxygens (including phenoxy) is 2. The number of hydrogen-bond acceptors (Lipinski definition) is 6. The third-order valence-corrected chi connectivity index (χ3v) is 7.12. The number of piperidine rings is 1. The highest BCUT2D eigenvalue weighted by atomic mass is 32.1. The molecule has 0 spiro atoms. The van der Waals surface area contributed by atoms with Gasteiger partial charge in [0.1, 0.15) is 23.9 Å². The van der Waals surface area contributed by atoms with Crippen molar-refractivity contribution in [2.75, 3.05) is 13.2 Å². The molecule has 2 unspecified atom stereocenters. The maximum absolute atomic E-state index is 13.3. The number of rotatable bonds is 7. The first-order valence-corrected chi connectivity index (χ1v) is 11.6. The molecule has 3 aromatic rings. The maximum atomic E-state index is 13.3. The molecule has 0 radical (unpaired) electrons. The van der Waals surface area contributed by atoms with Crippen molar-refractivity contribution < 1.29 is 18.7 Å². The van der Waals surface area contributed by atoms with Gasteiger partial charge in [0.2, 0.25) is 0 Å². The van der Waals surface area contributed by atoms with E-state index in [9.17, 15) is 9.18 Å². The van der Waals surface area contributed by atoms with Gasteiger partial charge in [-0.25, -0.2) is 14.2 Å². The van der Waals surface area contributed by atoms with E-state index in [0.29, 0.717) is 35.2 Å². The molecule has 5 rings (SSSR count).